The van der Waals surface area contributed by atoms with Crippen molar-refractivity contribution in [3.05, 3.63) is 35.5 Å². The molecule has 2 N–H and O–H groups in total. The molecule has 1 aromatic heterocycles. The molecule has 4 heteroatoms. The van der Waals surface area contributed by atoms with Crippen molar-refractivity contribution < 1.29 is 4.79 Å². The molecule has 2 heterocycles. The molecule has 0 saturated heterocycles. The summed E-state index contributed by atoms with van der Waals surface area (Å²) in [5, 5.41) is 1.26. The van der Waals surface area contributed by atoms with Crippen LogP contribution in [0, 0.1) is 0 Å². The first kappa shape index (κ1) is 13.2. The third-order valence-corrected chi connectivity index (χ3v) is 4.24. The molecular formula is C16H21N3O. The van der Waals surface area contributed by atoms with E-state index in [0.717, 1.165) is 25.0 Å². The van der Waals surface area contributed by atoms with Gasteiger partial charge in [-0.15, -0.1) is 0 Å². The van der Waals surface area contributed by atoms with Gasteiger partial charge in [0.25, 0.3) is 0 Å². The summed E-state index contributed by atoms with van der Waals surface area (Å²) in [7, 11) is 0. The lowest BCUT2D eigenvalue weighted by molar-refractivity contribution is -0.118. The number of hydrogen-bond donors (Lipinski definition) is 1. The first-order chi connectivity index (χ1) is 9.58. The summed E-state index contributed by atoms with van der Waals surface area (Å²) in [6, 6.07) is 8.85. The highest BCUT2D eigenvalue weighted by molar-refractivity contribution is 5.87. The first-order valence-electron chi connectivity index (χ1n) is 7.19. The van der Waals surface area contributed by atoms with Crippen LogP contribution in [0.4, 0.5) is 0 Å². The predicted molar refractivity (Wildman–Crippen MR) is 80.4 cm³/mol. The van der Waals surface area contributed by atoms with E-state index < -0.39 is 0 Å². The fourth-order valence-electron chi connectivity index (χ4n) is 3.20. The van der Waals surface area contributed by atoms with E-state index in [1.54, 1.807) is 0 Å². The second-order valence-corrected chi connectivity index (χ2v) is 5.81. The zero-order chi connectivity index (χ0) is 14.3. The molecule has 4 nitrogen and oxygen atoms in total. The van der Waals surface area contributed by atoms with Crippen LogP contribution in [0.15, 0.2) is 24.3 Å². The molecule has 0 saturated carbocycles. The minimum Gasteiger partial charge on any atom is -0.368 e. The molecule has 2 aromatic rings. The van der Waals surface area contributed by atoms with Crippen molar-refractivity contribution in [2.24, 2.45) is 5.73 Å². The van der Waals surface area contributed by atoms with Crippen LogP contribution >= 0.6 is 0 Å². The van der Waals surface area contributed by atoms with Gasteiger partial charge in [-0.3, -0.25) is 9.69 Å². The molecule has 1 aromatic carbocycles. The standard InChI is InChI=1S/C16H21N3O/c1-11(2)18-8-7-15-13(9-18)12-5-3-4-6-14(12)19(15)10-16(17)20/h3-6,11H,7-10H2,1-2H3,(H2,17,20). The Bertz CT molecular complexity index is 657. The van der Waals surface area contributed by atoms with Crippen LogP contribution in [0.1, 0.15) is 25.1 Å². The summed E-state index contributed by atoms with van der Waals surface area (Å²) in [6.45, 7) is 6.73. The van der Waals surface area contributed by atoms with E-state index in [9.17, 15) is 4.79 Å². The van der Waals surface area contributed by atoms with Crippen LogP contribution in [0.25, 0.3) is 10.9 Å². The molecule has 1 aliphatic rings. The predicted octanol–water partition coefficient (Wildman–Crippen LogP) is 1.89. The molecule has 0 spiro atoms. The van der Waals surface area contributed by atoms with Crippen molar-refractivity contribution in [2.75, 3.05) is 6.54 Å². The number of nitrogens with zero attached hydrogens (tertiary/aromatic N) is 2. The maximum absolute atomic E-state index is 11.4. The van der Waals surface area contributed by atoms with Gasteiger partial charge in [0, 0.05) is 42.1 Å². The molecule has 1 amide bonds. The van der Waals surface area contributed by atoms with Crippen LogP contribution < -0.4 is 5.73 Å². The van der Waals surface area contributed by atoms with Gasteiger partial charge in [0.2, 0.25) is 5.91 Å². The van der Waals surface area contributed by atoms with Crippen molar-refractivity contribution in [2.45, 2.75) is 39.4 Å². The van der Waals surface area contributed by atoms with Crippen LogP contribution in [-0.4, -0.2) is 28.0 Å². The quantitative estimate of drug-likeness (QED) is 0.927. The van der Waals surface area contributed by atoms with E-state index in [-0.39, 0.29) is 12.5 Å². The lowest BCUT2D eigenvalue weighted by atomic mass is 10.0. The Labute approximate surface area is 119 Å². The largest absolute Gasteiger partial charge is 0.368 e. The highest BCUT2D eigenvalue weighted by atomic mass is 16.1. The van der Waals surface area contributed by atoms with E-state index in [1.807, 2.05) is 6.07 Å². The molecule has 1 aliphatic heterocycles. The van der Waals surface area contributed by atoms with E-state index >= 15 is 0 Å². The number of aromatic nitrogens is 1. The minimum atomic E-state index is -0.278. The maximum Gasteiger partial charge on any atom is 0.237 e. The molecule has 0 unspecified atom stereocenters. The number of hydrogen-bond acceptors (Lipinski definition) is 2. The minimum absolute atomic E-state index is 0.275. The molecule has 0 atom stereocenters. The van der Waals surface area contributed by atoms with Crippen LogP contribution in [0.3, 0.4) is 0 Å². The van der Waals surface area contributed by atoms with Gasteiger partial charge < -0.3 is 10.3 Å². The number of nitrogens with two attached hydrogens (primary N) is 1. The first-order valence-corrected chi connectivity index (χ1v) is 7.19. The van der Waals surface area contributed by atoms with Gasteiger partial charge in [-0.2, -0.15) is 0 Å². The number of rotatable bonds is 3. The van der Waals surface area contributed by atoms with Gasteiger partial charge in [0.05, 0.1) is 0 Å². The fourth-order valence-corrected chi connectivity index (χ4v) is 3.20. The summed E-state index contributed by atoms with van der Waals surface area (Å²) in [4.78, 5) is 13.8. The zero-order valence-electron chi connectivity index (χ0n) is 12.1. The number of benzene rings is 1. The summed E-state index contributed by atoms with van der Waals surface area (Å²) in [5.41, 5.74) is 9.18. The number of fused-ring (bicyclic) bond motifs is 3. The Kier molecular flexibility index (Phi) is 3.26. The van der Waals surface area contributed by atoms with Crippen LogP contribution in [0.2, 0.25) is 0 Å². The lowest BCUT2D eigenvalue weighted by Crippen LogP contribution is -2.36. The van der Waals surface area contributed by atoms with E-state index in [1.165, 1.54) is 16.6 Å². The van der Waals surface area contributed by atoms with E-state index in [0.29, 0.717) is 6.04 Å². The third kappa shape index (κ3) is 2.10. The second kappa shape index (κ2) is 4.94. The molecule has 0 aliphatic carbocycles. The van der Waals surface area contributed by atoms with Crippen molar-refractivity contribution in [3.8, 4) is 0 Å². The fraction of sp³-hybridized carbons (Fsp3) is 0.438. The van der Waals surface area contributed by atoms with Gasteiger partial charge in [-0.05, 0) is 25.5 Å². The van der Waals surface area contributed by atoms with E-state index in [4.69, 9.17) is 5.73 Å². The molecule has 106 valence electrons. The number of amides is 1. The SMILES string of the molecule is CC(C)N1CCc2c(c3ccccc3n2CC(N)=O)C1. The number of para-hydroxylation sites is 1. The van der Waals surface area contributed by atoms with Crippen molar-refractivity contribution in [3.63, 3.8) is 0 Å². The summed E-state index contributed by atoms with van der Waals surface area (Å²) in [5.74, 6) is -0.278. The van der Waals surface area contributed by atoms with Gasteiger partial charge in [-0.25, -0.2) is 0 Å². The Morgan fingerprint density at radius 3 is 2.80 bits per heavy atom. The highest BCUT2D eigenvalue weighted by Gasteiger charge is 2.25. The Morgan fingerprint density at radius 1 is 1.35 bits per heavy atom. The van der Waals surface area contributed by atoms with Gasteiger partial charge >= 0.3 is 0 Å². The average Bonchev–Trinajstić information content (AvgIpc) is 2.73. The Balaban J connectivity index is 2.14. The molecular weight excluding hydrogens is 250 g/mol. The molecule has 0 fully saturated rings. The Hall–Kier alpha value is -1.81. The van der Waals surface area contributed by atoms with Crippen molar-refractivity contribution in [1.82, 2.24) is 9.47 Å². The van der Waals surface area contributed by atoms with Gasteiger partial charge in [-0.1, -0.05) is 18.2 Å². The number of primary amides is 1. The van der Waals surface area contributed by atoms with Gasteiger partial charge in [0.15, 0.2) is 0 Å². The third-order valence-electron chi connectivity index (χ3n) is 4.24. The summed E-state index contributed by atoms with van der Waals surface area (Å²) >= 11 is 0. The lowest BCUT2D eigenvalue weighted by Gasteiger charge is -2.31. The van der Waals surface area contributed by atoms with E-state index in [2.05, 4.69) is 41.5 Å². The monoisotopic (exact) mass is 271 g/mol. The highest BCUT2D eigenvalue weighted by Crippen LogP contribution is 2.31. The summed E-state index contributed by atoms with van der Waals surface area (Å²) in [6.07, 6.45) is 0.982. The maximum atomic E-state index is 11.4. The smallest absolute Gasteiger partial charge is 0.237 e. The number of carbonyl (C=O) groups excluding carboxylic acids is 1. The molecule has 0 radical (unpaired) electrons. The Morgan fingerprint density at radius 2 is 2.10 bits per heavy atom. The van der Waals surface area contributed by atoms with Crippen molar-refractivity contribution >= 4 is 16.8 Å². The van der Waals surface area contributed by atoms with Crippen LogP contribution in [-0.2, 0) is 24.3 Å². The zero-order valence-corrected chi connectivity index (χ0v) is 12.1. The topological polar surface area (TPSA) is 51.3 Å². The molecule has 3 rings (SSSR count). The second-order valence-electron chi connectivity index (χ2n) is 5.81. The van der Waals surface area contributed by atoms with Crippen molar-refractivity contribution in [1.29, 1.82) is 0 Å². The van der Waals surface area contributed by atoms with Gasteiger partial charge in [0.1, 0.15) is 6.54 Å². The average molecular weight is 271 g/mol. The normalized spacial score (nSPS) is 15.8. The van der Waals surface area contributed by atoms with Crippen LogP contribution in [0.5, 0.6) is 0 Å². The summed E-state index contributed by atoms with van der Waals surface area (Å²) < 4.78 is 2.10. The number of carbonyl (C=O) groups is 1. The molecule has 20 heavy (non-hydrogen) atoms. The molecule has 0 bridgehead atoms.